The predicted octanol–water partition coefficient (Wildman–Crippen LogP) is 4.87. The topological polar surface area (TPSA) is 57.7 Å². The van der Waals surface area contributed by atoms with Gasteiger partial charge in [-0.25, -0.2) is 9.29 Å². The zero-order valence-corrected chi connectivity index (χ0v) is 18.5. The molecule has 1 saturated heterocycles. The molecular weight excluding hydrogens is 419 g/mol. The maximum absolute atomic E-state index is 14.2. The summed E-state index contributed by atoms with van der Waals surface area (Å²) in [6.07, 6.45) is 0.676. The fourth-order valence-electron chi connectivity index (χ4n) is 4.74. The SMILES string of the molecule is Cc1ccc(C)c(N2C(=O)c3ccc(C(=O)N4CCC(c5ccccc5F)C4)cc3C2=O)c1. The van der Waals surface area contributed by atoms with Crippen molar-refractivity contribution >= 4 is 23.4 Å². The second-order valence-electron chi connectivity index (χ2n) is 8.75. The zero-order valence-electron chi connectivity index (χ0n) is 18.5. The number of hydrogen-bond donors (Lipinski definition) is 0. The van der Waals surface area contributed by atoms with E-state index in [0.29, 0.717) is 41.9 Å². The van der Waals surface area contributed by atoms with Crippen molar-refractivity contribution in [2.45, 2.75) is 26.2 Å². The van der Waals surface area contributed by atoms with Gasteiger partial charge in [0.25, 0.3) is 17.7 Å². The van der Waals surface area contributed by atoms with Gasteiger partial charge >= 0.3 is 0 Å². The molecule has 3 aromatic rings. The first-order valence-corrected chi connectivity index (χ1v) is 11.0. The molecule has 6 heteroatoms. The van der Waals surface area contributed by atoms with Gasteiger partial charge in [0, 0.05) is 24.6 Å². The molecular formula is C27H23FN2O3. The van der Waals surface area contributed by atoms with Crippen LogP contribution in [-0.2, 0) is 0 Å². The number of aryl methyl sites for hydroxylation is 2. The monoisotopic (exact) mass is 442 g/mol. The Balaban J connectivity index is 1.40. The van der Waals surface area contributed by atoms with E-state index in [2.05, 4.69) is 0 Å². The molecule has 5 nitrogen and oxygen atoms in total. The van der Waals surface area contributed by atoms with Crippen molar-refractivity contribution in [3.63, 3.8) is 0 Å². The third-order valence-electron chi connectivity index (χ3n) is 6.56. The van der Waals surface area contributed by atoms with E-state index in [1.165, 1.54) is 17.0 Å². The highest BCUT2D eigenvalue weighted by Crippen LogP contribution is 2.33. The molecule has 0 spiro atoms. The van der Waals surface area contributed by atoms with Crippen molar-refractivity contribution in [3.8, 4) is 0 Å². The minimum atomic E-state index is -0.427. The quantitative estimate of drug-likeness (QED) is 0.544. The number of likely N-dealkylation sites (tertiary alicyclic amines) is 1. The Morgan fingerprint density at radius 3 is 2.48 bits per heavy atom. The molecule has 5 rings (SSSR count). The smallest absolute Gasteiger partial charge is 0.266 e. The van der Waals surface area contributed by atoms with Crippen LogP contribution in [0, 0.1) is 19.7 Å². The van der Waals surface area contributed by atoms with Crippen LogP contribution in [0.15, 0.2) is 60.7 Å². The highest BCUT2D eigenvalue weighted by Gasteiger charge is 2.38. The first-order chi connectivity index (χ1) is 15.8. The standard InChI is InChI=1S/C27H23FN2O3/c1-16-7-8-17(2)24(13-16)30-26(32)21-10-9-18(14-22(21)27(30)33)25(31)29-12-11-19(15-29)20-5-3-4-6-23(20)28/h3-10,13-14,19H,11-12,15H2,1-2H3. The summed E-state index contributed by atoms with van der Waals surface area (Å²) >= 11 is 0. The first kappa shape index (κ1) is 21.1. The number of halogens is 1. The summed E-state index contributed by atoms with van der Waals surface area (Å²) in [7, 11) is 0. The molecule has 2 heterocycles. The number of nitrogens with zero attached hydrogens (tertiary/aromatic N) is 2. The fraction of sp³-hybridized carbons (Fsp3) is 0.222. The summed E-state index contributed by atoms with van der Waals surface area (Å²) in [6, 6.07) is 16.9. The van der Waals surface area contributed by atoms with E-state index in [9.17, 15) is 18.8 Å². The lowest BCUT2D eigenvalue weighted by molar-refractivity contribution is 0.0790. The van der Waals surface area contributed by atoms with Gasteiger partial charge in [-0.05, 0) is 67.3 Å². The van der Waals surface area contributed by atoms with Crippen LogP contribution in [0.5, 0.6) is 0 Å². The number of fused-ring (bicyclic) bond motifs is 1. The molecule has 3 amide bonds. The number of carbonyl (C=O) groups is 3. The Morgan fingerprint density at radius 2 is 1.70 bits per heavy atom. The number of amides is 3. The van der Waals surface area contributed by atoms with Crippen LogP contribution in [0.4, 0.5) is 10.1 Å². The maximum atomic E-state index is 14.2. The molecule has 166 valence electrons. The van der Waals surface area contributed by atoms with Gasteiger partial charge in [-0.3, -0.25) is 14.4 Å². The number of carbonyl (C=O) groups excluding carboxylic acids is 3. The Kier molecular flexibility index (Phi) is 5.08. The number of imide groups is 1. The summed E-state index contributed by atoms with van der Waals surface area (Å²) < 4.78 is 14.2. The average Bonchev–Trinajstić information content (AvgIpc) is 3.39. The third kappa shape index (κ3) is 3.52. The Labute approximate surface area is 191 Å². The lowest BCUT2D eigenvalue weighted by Crippen LogP contribution is -2.30. The van der Waals surface area contributed by atoms with E-state index in [0.717, 1.165) is 11.1 Å². The van der Waals surface area contributed by atoms with E-state index in [1.807, 2.05) is 32.0 Å². The van der Waals surface area contributed by atoms with Crippen molar-refractivity contribution in [2.75, 3.05) is 18.0 Å². The number of rotatable bonds is 3. The molecule has 2 aliphatic rings. The van der Waals surface area contributed by atoms with Gasteiger partial charge in [-0.15, -0.1) is 0 Å². The minimum Gasteiger partial charge on any atom is -0.338 e. The van der Waals surface area contributed by atoms with Crippen LogP contribution in [0.3, 0.4) is 0 Å². The van der Waals surface area contributed by atoms with Crippen LogP contribution in [0.1, 0.15) is 60.1 Å². The second-order valence-corrected chi connectivity index (χ2v) is 8.75. The van der Waals surface area contributed by atoms with Crippen molar-refractivity contribution in [2.24, 2.45) is 0 Å². The summed E-state index contributed by atoms with van der Waals surface area (Å²) in [6.45, 7) is 4.68. The molecule has 0 bridgehead atoms. The number of benzene rings is 3. The van der Waals surface area contributed by atoms with E-state index < -0.39 is 5.91 Å². The van der Waals surface area contributed by atoms with Crippen LogP contribution in [0.25, 0.3) is 0 Å². The molecule has 1 unspecified atom stereocenters. The Hall–Kier alpha value is -3.80. The summed E-state index contributed by atoms with van der Waals surface area (Å²) in [5, 5.41) is 0. The van der Waals surface area contributed by atoms with Gasteiger partial charge in [0.1, 0.15) is 5.82 Å². The van der Waals surface area contributed by atoms with E-state index in [4.69, 9.17) is 0 Å². The normalized spacial score (nSPS) is 17.6. The van der Waals surface area contributed by atoms with Crippen molar-refractivity contribution in [1.29, 1.82) is 0 Å². The average molecular weight is 442 g/mol. The molecule has 0 radical (unpaired) electrons. The Morgan fingerprint density at radius 1 is 0.939 bits per heavy atom. The predicted molar refractivity (Wildman–Crippen MR) is 123 cm³/mol. The molecule has 0 aromatic heterocycles. The van der Waals surface area contributed by atoms with E-state index >= 15 is 0 Å². The first-order valence-electron chi connectivity index (χ1n) is 11.0. The molecule has 0 N–H and O–H groups in total. The van der Waals surface area contributed by atoms with Gasteiger partial charge in [-0.1, -0.05) is 30.3 Å². The molecule has 0 saturated carbocycles. The van der Waals surface area contributed by atoms with Gasteiger partial charge < -0.3 is 4.90 Å². The summed E-state index contributed by atoms with van der Waals surface area (Å²) in [5.74, 6) is -1.35. The van der Waals surface area contributed by atoms with Crippen LogP contribution in [0.2, 0.25) is 0 Å². The highest BCUT2D eigenvalue weighted by molar-refractivity contribution is 6.35. The molecule has 0 aliphatic carbocycles. The minimum absolute atomic E-state index is 0.0624. The highest BCUT2D eigenvalue weighted by atomic mass is 19.1. The van der Waals surface area contributed by atoms with Crippen LogP contribution < -0.4 is 4.90 Å². The van der Waals surface area contributed by atoms with Gasteiger partial charge in [0.05, 0.1) is 16.8 Å². The van der Waals surface area contributed by atoms with Gasteiger partial charge in [0.15, 0.2) is 0 Å². The molecule has 33 heavy (non-hydrogen) atoms. The van der Waals surface area contributed by atoms with Crippen molar-refractivity contribution in [3.05, 3.63) is 99.9 Å². The Bertz CT molecular complexity index is 1320. The summed E-state index contributed by atoms with van der Waals surface area (Å²) in [5.41, 5.74) is 3.82. The van der Waals surface area contributed by atoms with E-state index in [-0.39, 0.29) is 29.1 Å². The summed E-state index contributed by atoms with van der Waals surface area (Å²) in [4.78, 5) is 42.2. The maximum Gasteiger partial charge on any atom is 0.266 e. The van der Waals surface area contributed by atoms with Gasteiger partial charge in [-0.2, -0.15) is 0 Å². The third-order valence-corrected chi connectivity index (χ3v) is 6.56. The zero-order chi connectivity index (χ0) is 23.3. The molecule has 3 aromatic carbocycles. The number of hydrogen-bond acceptors (Lipinski definition) is 3. The fourth-order valence-corrected chi connectivity index (χ4v) is 4.74. The molecule has 1 atom stereocenters. The lowest BCUT2D eigenvalue weighted by atomic mass is 9.98. The van der Waals surface area contributed by atoms with Gasteiger partial charge in [0.2, 0.25) is 0 Å². The largest absolute Gasteiger partial charge is 0.338 e. The van der Waals surface area contributed by atoms with Crippen LogP contribution in [-0.4, -0.2) is 35.7 Å². The molecule has 2 aliphatic heterocycles. The number of anilines is 1. The lowest BCUT2D eigenvalue weighted by Gasteiger charge is -2.17. The molecule has 1 fully saturated rings. The van der Waals surface area contributed by atoms with Crippen molar-refractivity contribution in [1.82, 2.24) is 4.90 Å². The second kappa shape index (κ2) is 7.96. The van der Waals surface area contributed by atoms with E-state index in [1.54, 1.807) is 35.2 Å². The van der Waals surface area contributed by atoms with Crippen molar-refractivity contribution < 1.29 is 18.8 Å². The van der Waals surface area contributed by atoms with Crippen LogP contribution >= 0.6 is 0 Å².